The number of benzene rings is 2. The van der Waals surface area contributed by atoms with Crippen LogP contribution < -0.4 is 14.2 Å². The minimum absolute atomic E-state index is 0.0763. The minimum atomic E-state index is -0.577. The third-order valence-electron chi connectivity index (χ3n) is 5.91. The maximum absolute atomic E-state index is 13.6. The van der Waals surface area contributed by atoms with Crippen molar-refractivity contribution in [3.05, 3.63) is 78.3 Å². The van der Waals surface area contributed by atoms with Crippen molar-refractivity contribution in [3.63, 3.8) is 0 Å². The van der Waals surface area contributed by atoms with E-state index in [2.05, 4.69) is 0 Å². The first kappa shape index (κ1) is 27.6. The third kappa shape index (κ3) is 8.03. The summed E-state index contributed by atoms with van der Waals surface area (Å²) in [6.45, 7) is 6.21. The summed E-state index contributed by atoms with van der Waals surface area (Å²) in [5, 5.41) is 0. The van der Waals surface area contributed by atoms with E-state index in [-0.39, 0.29) is 25.0 Å². The van der Waals surface area contributed by atoms with E-state index in [1.807, 2.05) is 63.2 Å². The van der Waals surface area contributed by atoms with Gasteiger partial charge in [0.2, 0.25) is 5.91 Å². The molecule has 0 atom stereocenters. The van der Waals surface area contributed by atoms with Crippen molar-refractivity contribution in [2.45, 2.75) is 39.3 Å². The Morgan fingerprint density at radius 3 is 2.24 bits per heavy atom. The van der Waals surface area contributed by atoms with E-state index >= 15 is 0 Å². The summed E-state index contributed by atoms with van der Waals surface area (Å²) in [6, 6.07) is 18.5. The second-order valence-corrected chi connectivity index (χ2v) is 9.59. The van der Waals surface area contributed by atoms with E-state index in [0.29, 0.717) is 42.5 Å². The second-order valence-electron chi connectivity index (χ2n) is 9.59. The number of carbonyl (C=O) groups excluding carboxylic acids is 2. The lowest BCUT2D eigenvalue weighted by molar-refractivity contribution is -0.146. The average Bonchev–Trinajstić information content (AvgIpc) is 3.41. The molecule has 0 spiro atoms. The number of amides is 2. The number of carbonyl (C=O) groups is 2. The predicted molar refractivity (Wildman–Crippen MR) is 141 cm³/mol. The van der Waals surface area contributed by atoms with Gasteiger partial charge in [0.15, 0.2) is 18.1 Å². The topological polar surface area (TPSA) is 81.5 Å². The standard InChI is InChI=1S/C29H36N2O6/c1-29(2,3)31(28(33)21-37-23-10-7-6-8-11-23)20-27(32)30(19-24-12-9-17-36-24)16-15-22-13-14-25(34-4)26(18-22)35-5/h6-14,17-18H,15-16,19-21H2,1-5H3. The molecule has 0 radical (unpaired) electrons. The molecular formula is C29H36N2O6. The van der Waals surface area contributed by atoms with Crippen LogP contribution in [0.1, 0.15) is 32.1 Å². The fourth-order valence-electron chi connectivity index (χ4n) is 3.86. The number of rotatable bonds is 12. The monoisotopic (exact) mass is 508 g/mol. The molecular weight excluding hydrogens is 472 g/mol. The molecule has 3 rings (SSSR count). The van der Waals surface area contributed by atoms with Crippen molar-refractivity contribution in [2.75, 3.05) is 33.9 Å². The first-order valence-electron chi connectivity index (χ1n) is 12.2. The van der Waals surface area contributed by atoms with E-state index < -0.39 is 5.54 Å². The molecule has 0 fully saturated rings. The number of hydrogen-bond donors (Lipinski definition) is 0. The van der Waals surface area contributed by atoms with Crippen molar-refractivity contribution in [1.82, 2.24) is 9.80 Å². The molecule has 37 heavy (non-hydrogen) atoms. The quantitative estimate of drug-likeness (QED) is 0.356. The summed E-state index contributed by atoms with van der Waals surface area (Å²) in [4.78, 5) is 30.0. The SMILES string of the molecule is COc1ccc(CCN(Cc2ccco2)C(=O)CN(C(=O)COc2ccccc2)C(C)(C)C)cc1OC. The molecule has 198 valence electrons. The summed E-state index contributed by atoms with van der Waals surface area (Å²) in [7, 11) is 3.18. The fraction of sp³-hybridized carbons (Fsp3) is 0.379. The largest absolute Gasteiger partial charge is 0.493 e. The molecule has 0 saturated carbocycles. The predicted octanol–water partition coefficient (Wildman–Crippen LogP) is 4.57. The van der Waals surface area contributed by atoms with Crippen LogP contribution in [0.25, 0.3) is 0 Å². The number of methoxy groups -OCH3 is 2. The number of hydrogen-bond acceptors (Lipinski definition) is 6. The summed E-state index contributed by atoms with van der Waals surface area (Å²) >= 11 is 0. The molecule has 8 nitrogen and oxygen atoms in total. The molecule has 1 aromatic heterocycles. The maximum atomic E-state index is 13.6. The molecule has 0 saturated heterocycles. The lowest BCUT2D eigenvalue weighted by Crippen LogP contribution is -2.52. The zero-order chi connectivity index (χ0) is 26.8. The second kappa shape index (κ2) is 12.9. The van der Waals surface area contributed by atoms with Crippen LogP contribution in [0.5, 0.6) is 17.2 Å². The van der Waals surface area contributed by atoms with Crippen molar-refractivity contribution >= 4 is 11.8 Å². The van der Waals surface area contributed by atoms with E-state index in [0.717, 1.165) is 5.56 Å². The van der Waals surface area contributed by atoms with Gasteiger partial charge in [0.25, 0.3) is 5.91 Å². The Morgan fingerprint density at radius 1 is 0.892 bits per heavy atom. The van der Waals surface area contributed by atoms with Gasteiger partial charge in [-0.15, -0.1) is 0 Å². The van der Waals surface area contributed by atoms with Gasteiger partial charge in [-0.25, -0.2) is 0 Å². The van der Waals surface area contributed by atoms with Crippen molar-refractivity contribution in [1.29, 1.82) is 0 Å². The Balaban J connectivity index is 1.72. The zero-order valence-electron chi connectivity index (χ0n) is 22.2. The van der Waals surface area contributed by atoms with E-state index in [9.17, 15) is 9.59 Å². The Labute approximate surface area is 218 Å². The molecule has 1 heterocycles. The highest BCUT2D eigenvalue weighted by molar-refractivity contribution is 5.86. The van der Waals surface area contributed by atoms with Gasteiger partial charge in [-0.3, -0.25) is 9.59 Å². The Hall–Kier alpha value is -3.94. The molecule has 0 N–H and O–H groups in total. The van der Waals surface area contributed by atoms with E-state index in [1.165, 1.54) is 0 Å². The number of furan rings is 1. The van der Waals surface area contributed by atoms with Gasteiger partial charge in [0, 0.05) is 12.1 Å². The number of ether oxygens (including phenoxy) is 3. The fourth-order valence-corrected chi connectivity index (χ4v) is 3.86. The third-order valence-corrected chi connectivity index (χ3v) is 5.91. The maximum Gasteiger partial charge on any atom is 0.261 e. The van der Waals surface area contributed by atoms with Crippen LogP contribution >= 0.6 is 0 Å². The molecule has 3 aromatic rings. The van der Waals surface area contributed by atoms with Gasteiger partial charge >= 0.3 is 0 Å². The first-order chi connectivity index (χ1) is 17.7. The smallest absolute Gasteiger partial charge is 0.261 e. The zero-order valence-corrected chi connectivity index (χ0v) is 22.2. The van der Waals surface area contributed by atoms with Gasteiger partial charge in [-0.1, -0.05) is 24.3 Å². The van der Waals surface area contributed by atoms with Gasteiger partial charge in [-0.05, 0) is 69.2 Å². The Bertz CT molecular complexity index is 1140. The van der Waals surface area contributed by atoms with Crippen molar-refractivity contribution in [3.8, 4) is 17.2 Å². The molecule has 0 aliphatic rings. The van der Waals surface area contributed by atoms with Gasteiger partial charge in [0.1, 0.15) is 18.1 Å². The molecule has 0 unspecified atom stereocenters. The number of para-hydroxylation sites is 1. The van der Waals surface area contributed by atoms with Crippen molar-refractivity contribution < 1.29 is 28.2 Å². The molecule has 0 aliphatic heterocycles. The highest BCUT2D eigenvalue weighted by Crippen LogP contribution is 2.28. The summed E-state index contributed by atoms with van der Waals surface area (Å²) in [5.41, 5.74) is 0.418. The van der Waals surface area contributed by atoms with E-state index in [4.69, 9.17) is 18.6 Å². The molecule has 0 aliphatic carbocycles. The average molecular weight is 509 g/mol. The molecule has 0 bridgehead atoms. The van der Waals surface area contributed by atoms with Crippen molar-refractivity contribution in [2.24, 2.45) is 0 Å². The highest BCUT2D eigenvalue weighted by Gasteiger charge is 2.30. The minimum Gasteiger partial charge on any atom is -0.493 e. The molecule has 2 aromatic carbocycles. The van der Waals surface area contributed by atoms with Gasteiger partial charge < -0.3 is 28.4 Å². The Kier molecular flexibility index (Phi) is 9.60. The first-order valence-corrected chi connectivity index (χ1v) is 12.2. The van der Waals surface area contributed by atoms with Gasteiger partial charge in [0.05, 0.1) is 27.0 Å². The van der Waals surface area contributed by atoms with Crippen LogP contribution in [0, 0.1) is 0 Å². The van der Waals surface area contributed by atoms with Gasteiger partial charge in [-0.2, -0.15) is 0 Å². The van der Waals surface area contributed by atoms with Crippen LogP contribution in [-0.4, -0.2) is 61.1 Å². The summed E-state index contributed by atoms with van der Waals surface area (Å²) < 4.78 is 21.9. The van der Waals surface area contributed by atoms with Crippen LogP contribution in [0.4, 0.5) is 0 Å². The normalized spacial score (nSPS) is 11.1. The van der Waals surface area contributed by atoms with Crippen LogP contribution in [0.3, 0.4) is 0 Å². The highest BCUT2D eigenvalue weighted by atomic mass is 16.5. The van der Waals surface area contributed by atoms with Crippen LogP contribution in [-0.2, 0) is 22.6 Å². The lowest BCUT2D eigenvalue weighted by atomic mass is 10.1. The molecule has 2 amide bonds. The van der Waals surface area contributed by atoms with E-state index in [1.54, 1.807) is 48.5 Å². The van der Waals surface area contributed by atoms with Crippen LogP contribution in [0.2, 0.25) is 0 Å². The summed E-state index contributed by atoms with van der Waals surface area (Å²) in [5.74, 6) is 2.10. The number of nitrogens with zero attached hydrogens (tertiary/aromatic N) is 2. The summed E-state index contributed by atoms with van der Waals surface area (Å²) in [6.07, 6.45) is 2.17. The Morgan fingerprint density at radius 2 is 1.62 bits per heavy atom. The molecule has 8 heteroatoms. The van der Waals surface area contributed by atoms with Crippen LogP contribution in [0.15, 0.2) is 71.3 Å². The lowest BCUT2D eigenvalue weighted by Gasteiger charge is -2.36.